The van der Waals surface area contributed by atoms with E-state index < -0.39 is 6.09 Å². The molecule has 2 atom stereocenters. The summed E-state index contributed by atoms with van der Waals surface area (Å²) in [6.07, 6.45) is 2.74. The summed E-state index contributed by atoms with van der Waals surface area (Å²) < 4.78 is 10.1. The Hall–Kier alpha value is -2.04. The Morgan fingerprint density at radius 3 is 2.59 bits per heavy atom. The summed E-state index contributed by atoms with van der Waals surface area (Å²) in [5.41, 5.74) is 0.963. The largest absolute Gasteiger partial charge is 0.466 e. The lowest BCUT2D eigenvalue weighted by molar-refractivity contribution is -0.143. The van der Waals surface area contributed by atoms with Gasteiger partial charge in [0.15, 0.2) is 0 Å². The van der Waals surface area contributed by atoms with Crippen molar-refractivity contribution in [1.82, 2.24) is 5.32 Å². The van der Waals surface area contributed by atoms with Crippen molar-refractivity contribution >= 4 is 12.1 Å². The molecule has 0 bridgehead atoms. The van der Waals surface area contributed by atoms with E-state index in [9.17, 15) is 9.59 Å². The van der Waals surface area contributed by atoms with E-state index in [1.807, 2.05) is 30.3 Å². The number of hydrogen-bond donors (Lipinski definition) is 1. The maximum absolute atomic E-state index is 11.8. The predicted octanol–water partition coefficient (Wildman–Crippen LogP) is 3.03. The first-order valence-electron chi connectivity index (χ1n) is 7.82. The lowest BCUT2D eigenvalue weighted by atomic mass is 9.77. The van der Waals surface area contributed by atoms with Crippen molar-refractivity contribution < 1.29 is 19.1 Å². The summed E-state index contributed by atoms with van der Waals surface area (Å²) in [4.78, 5) is 23.1. The zero-order chi connectivity index (χ0) is 15.8. The maximum atomic E-state index is 11.8. The summed E-state index contributed by atoms with van der Waals surface area (Å²) >= 11 is 0. The minimum atomic E-state index is -0.394. The Balaban J connectivity index is 1.65. The number of esters is 1. The Kier molecular flexibility index (Phi) is 6.25. The number of amides is 1. The summed E-state index contributed by atoms with van der Waals surface area (Å²) in [7, 11) is 0. The van der Waals surface area contributed by atoms with Gasteiger partial charge in [0, 0.05) is 12.5 Å². The first-order valence-corrected chi connectivity index (χ1v) is 7.82. The Morgan fingerprint density at radius 2 is 1.95 bits per heavy atom. The SMILES string of the molecule is CCOC(=O)CCC1CCC1NC(=O)OCc1ccccc1. The van der Waals surface area contributed by atoms with Crippen LogP contribution in [0.2, 0.25) is 0 Å². The van der Waals surface area contributed by atoms with Crippen molar-refractivity contribution in [2.45, 2.75) is 45.3 Å². The zero-order valence-corrected chi connectivity index (χ0v) is 12.9. The van der Waals surface area contributed by atoms with Crippen molar-refractivity contribution in [3.05, 3.63) is 35.9 Å². The first kappa shape index (κ1) is 16.3. The van der Waals surface area contributed by atoms with Gasteiger partial charge in [-0.1, -0.05) is 30.3 Å². The topological polar surface area (TPSA) is 64.6 Å². The molecule has 1 fully saturated rings. The molecule has 1 aliphatic carbocycles. The van der Waals surface area contributed by atoms with Crippen LogP contribution in [0.25, 0.3) is 0 Å². The third kappa shape index (κ3) is 5.06. The van der Waals surface area contributed by atoms with Gasteiger partial charge in [0.25, 0.3) is 0 Å². The number of carbonyl (C=O) groups excluding carboxylic acids is 2. The van der Waals surface area contributed by atoms with Gasteiger partial charge in [0.2, 0.25) is 0 Å². The number of carbonyl (C=O) groups is 2. The molecule has 1 saturated carbocycles. The van der Waals surface area contributed by atoms with Crippen LogP contribution < -0.4 is 5.32 Å². The van der Waals surface area contributed by atoms with Crippen molar-refractivity contribution in [3.63, 3.8) is 0 Å². The molecule has 1 aromatic carbocycles. The third-order valence-electron chi connectivity index (χ3n) is 3.96. The molecule has 0 radical (unpaired) electrons. The second-order valence-corrected chi connectivity index (χ2v) is 5.49. The fourth-order valence-corrected chi connectivity index (χ4v) is 2.56. The van der Waals surface area contributed by atoms with Gasteiger partial charge in [-0.3, -0.25) is 4.79 Å². The standard InChI is InChI=1S/C17H23NO4/c1-2-21-16(19)11-9-14-8-10-15(14)18-17(20)22-12-13-6-4-3-5-7-13/h3-7,14-15H,2,8-12H2,1H3,(H,18,20). The number of benzene rings is 1. The zero-order valence-electron chi connectivity index (χ0n) is 12.9. The van der Waals surface area contributed by atoms with Gasteiger partial charge in [-0.15, -0.1) is 0 Å². The highest BCUT2D eigenvalue weighted by Crippen LogP contribution is 2.31. The van der Waals surface area contributed by atoms with E-state index in [2.05, 4.69) is 5.32 Å². The molecular weight excluding hydrogens is 282 g/mol. The smallest absolute Gasteiger partial charge is 0.407 e. The summed E-state index contributed by atoms with van der Waals surface area (Å²) in [6, 6.07) is 9.68. The van der Waals surface area contributed by atoms with E-state index in [-0.39, 0.29) is 18.6 Å². The van der Waals surface area contributed by atoms with Crippen LogP contribution in [-0.4, -0.2) is 24.7 Å². The number of ether oxygens (including phenoxy) is 2. The summed E-state index contributed by atoms with van der Waals surface area (Å²) in [5.74, 6) is 0.175. The van der Waals surface area contributed by atoms with Gasteiger partial charge in [-0.25, -0.2) is 4.79 Å². The van der Waals surface area contributed by atoms with E-state index in [4.69, 9.17) is 9.47 Å². The predicted molar refractivity (Wildman–Crippen MR) is 82.1 cm³/mol. The molecule has 120 valence electrons. The minimum absolute atomic E-state index is 0.109. The van der Waals surface area contributed by atoms with Crippen LogP contribution in [0.4, 0.5) is 4.79 Å². The molecule has 2 rings (SSSR count). The number of alkyl carbamates (subject to hydrolysis) is 1. The van der Waals surface area contributed by atoms with Gasteiger partial charge < -0.3 is 14.8 Å². The highest BCUT2D eigenvalue weighted by atomic mass is 16.5. The van der Waals surface area contributed by atoms with E-state index in [1.54, 1.807) is 6.92 Å². The van der Waals surface area contributed by atoms with Gasteiger partial charge >= 0.3 is 12.1 Å². The molecule has 5 nitrogen and oxygen atoms in total. The summed E-state index contributed by atoms with van der Waals surface area (Å²) in [6.45, 7) is 2.48. The van der Waals surface area contributed by atoms with E-state index >= 15 is 0 Å². The molecule has 0 saturated heterocycles. The van der Waals surface area contributed by atoms with Crippen LogP contribution >= 0.6 is 0 Å². The molecule has 0 spiro atoms. The molecule has 0 aliphatic heterocycles. The molecule has 2 unspecified atom stereocenters. The van der Waals surface area contributed by atoms with Gasteiger partial charge in [0.05, 0.1) is 6.61 Å². The first-order chi connectivity index (χ1) is 10.7. The molecule has 5 heteroatoms. The van der Waals surface area contributed by atoms with Crippen molar-refractivity contribution in [1.29, 1.82) is 0 Å². The average molecular weight is 305 g/mol. The normalized spacial score (nSPS) is 19.9. The number of hydrogen-bond acceptors (Lipinski definition) is 4. The number of nitrogens with one attached hydrogen (secondary N) is 1. The Labute approximate surface area is 131 Å². The molecule has 1 aromatic rings. The van der Waals surface area contributed by atoms with Crippen LogP contribution in [-0.2, 0) is 20.9 Å². The van der Waals surface area contributed by atoms with Crippen LogP contribution in [0.15, 0.2) is 30.3 Å². The lowest BCUT2D eigenvalue weighted by Gasteiger charge is -2.36. The molecule has 22 heavy (non-hydrogen) atoms. The average Bonchev–Trinajstić information content (AvgIpc) is 2.51. The number of rotatable bonds is 7. The summed E-state index contributed by atoms with van der Waals surface area (Å²) in [5, 5.41) is 2.88. The van der Waals surface area contributed by atoms with Crippen LogP contribution in [0.3, 0.4) is 0 Å². The van der Waals surface area contributed by atoms with E-state index in [0.29, 0.717) is 18.9 Å². The second kappa shape index (κ2) is 8.41. The van der Waals surface area contributed by atoms with E-state index in [0.717, 1.165) is 24.8 Å². The highest BCUT2D eigenvalue weighted by Gasteiger charge is 2.32. The molecule has 0 heterocycles. The highest BCUT2D eigenvalue weighted by molar-refractivity contribution is 5.69. The van der Waals surface area contributed by atoms with Gasteiger partial charge in [-0.05, 0) is 37.7 Å². The molecule has 0 aromatic heterocycles. The monoisotopic (exact) mass is 305 g/mol. The Bertz CT molecular complexity index is 489. The molecule has 1 aliphatic rings. The third-order valence-corrected chi connectivity index (χ3v) is 3.96. The molecular formula is C17H23NO4. The van der Waals surface area contributed by atoms with Crippen LogP contribution in [0, 0.1) is 5.92 Å². The minimum Gasteiger partial charge on any atom is -0.466 e. The Morgan fingerprint density at radius 1 is 1.18 bits per heavy atom. The van der Waals surface area contributed by atoms with Gasteiger partial charge in [0.1, 0.15) is 6.61 Å². The van der Waals surface area contributed by atoms with Crippen LogP contribution in [0.5, 0.6) is 0 Å². The lowest BCUT2D eigenvalue weighted by Crippen LogP contribution is -2.47. The van der Waals surface area contributed by atoms with E-state index in [1.165, 1.54) is 0 Å². The molecule has 1 N–H and O–H groups in total. The maximum Gasteiger partial charge on any atom is 0.407 e. The fraction of sp³-hybridized carbons (Fsp3) is 0.529. The van der Waals surface area contributed by atoms with Crippen molar-refractivity contribution in [2.24, 2.45) is 5.92 Å². The van der Waals surface area contributed by atoms with Crippen LogP contribution in [0.1, 0.15) is 38.2 Å². The van der Waals surface area contributed by atoms with Crippen molar-refractivity contribution in [2.75, 3.05) is 6.61 Å². The second-order valence-electron chi connectivity index (χ2n) is 5.49. The fourth-order valence-electron chi connectivity index (χ4n) is 2.56. The quantitative estimate of drug-likeness (QED) is 0.786. The van der Waals surface area contributed by atoms with Crippen molar-refractivity contribution in [3.8, 4) is 0 Å². The molecule has 1 amide bonds. The van der Waals surface area contributed by atoms with Gasteiger partial charge in [-0.2, -0.15) is 0 Å².